The second-order valence-corrected chi connectivity index (χ2v) is 17.2. The van der Waals surface area contributed by atoms with Crippen molar-refractivity contribution in [2.75, 3.05) is 9.80 Å². The lowest BCUT2D eigenvalue weighted by atomic mass is 9.86. The van der Waals surface area contributed by atoms with Gasteiger partial charge in [-0.25, -0.2) is 0 Å². The van der Waals surface area contributed by atoms with Gasteiger partial charge in [-0.1, -0.05) is 212 Å². The van der Waals surface area contributed by atoms with E-state index in [-0.39, 0.29) is 0 Å². The fraction of sp³-hybridized carbons (Fsp3) is 0. The van der Waals surface area contributed by atoms with Gasteiger partial charge in [-0.2, -0.15) is 0 Å². The van der Waals surface area contributed by atoms with E-state index >= 15 is 0 Å². The zero-order valence-electron chi connectivity index (χ0n) is 37.9. The molecule has 0 aliphatic carbocycles. The highest BCUT2D eigenvalue weighted by Crippen LogP contribution is 2.53. The molecule has 3 heteroatoms. The number of hydrogen-bond donors (Lipinski definition) is 0. The second kappa shape index (κ2) is 18.2. The first-order chi connectivity index (χ1) is 34.2. The first-order valence-corrected chi connectivity index (χ1v) is 23.5. The SMILES string of the molecule is c1ccc(-c2ccc(N(c3ccccc3)c3cc(-c4cccc5c4oc4ccccc45)c(-c4ccccc4-c4ccccc4)c(N(c4ccccc4)c4ccc(-c5ccccc5)cc4)c3)cc2)cc1. The van der Waals surface area contributed by atoms with Crippen LogP contribution in [0.15, 0.2) is 283 Å². The normalized spacial score (nSPS) is 11.2. The summed E-state index contributed by atoms with van der Waals surface area (Å²) in [5, 5.41) is 2.16. The maximum absolute atomic E-state index is 6.97. The Morgan fingerprint density at radius 3 is 1.26 bits per heavy atom. The minimum atomic E-state index is 0.845. The van der Waals surface area contributed by atoms with Crippen LogP contribution < -0.4 is 9.80 Å². The lowest BCUT2D eigenvalue weighted by Crippen LogP contribution is -2.15. The largest absolute Gasteiger partial charge is 0.455 e. The summed E-state index contributed by atoms with van der Waals surface area (Å²) in [5.74, 6) is 0. The Balaban J connectivity index is 1.21. The standard InChI is InChI=1S/C66H46N2O/c1-6-21-47(22-7-1)49-37-41-54(42-38-49)67(52-27-12-4-13-28-52)56-45-62(61-35-20-34-60-58-32-18-19-36-64(58)69-66(60)61)65(59-33-17-16-31-57(59)51-25-10-3-11-26-51)63(46-56)68(53-29-14-5-15-30-53)55-43-39-50(40-44-55)48-23-8-2-9-24-48/h1-46H. The number of nitrogens with zero attached hydrogens (tertiary/aromatic N) is 2. The zero-order valence-corrected chi connectivity index (χ0v) is 37.9. The lowest BCUT2D eigenvalue weighted by molar-refractivity contribution is 0.670. The minimum absolute atomic E-state index is 0.845. The monoisotopic (exact) mass is 882 g/mol. The lowest BCUT2D eigenvalue weighted by Gasteiger charge is -2.33. The van der Waals surface area contributed by atoms with Gasteiger partial charge in [0.2, 0.25) is 0 Å². The van der Waals surface area contributed by atoms with E-state index in [1.807, 2.05) is 6.07 Å². The predicted octanol–water partition coefficient (Wildman–Crippen LogP) is 18.9. The van der Waals surface area contributed by atoms with Crippen LogP contribution in [0.25, 0.3) is 77.6 Å². The van der Waals surface area contributed by atoms with Crippen molar-refractivity contribution in [3.8, 4) is 55.6 Å². The third-order valence-corrected chi connectivity index (χ3v) is 13.1. The Morgan fingerprint density at radius 2 is 0.667 bits per heavy atom. The van der Waals surface area contributed by atoms with Crippen molar-refractivity contribution in [1.82, 2.24) is 0 Å². The van der Waals surface area contributed by atoms with Gasteiger partial charge in [-0.05, 0) is 111 Å². The number of anilines is 6. The molecule has 0 aliphatic heterocycles. The van der Waals surface area contributed by atoms with Crippen LogP contribution >= 0.6 is 0 Å². The van der Waals surface area contributed by atoms with Crippen molar-refractivity contribution in [1.29, 1.82) is 0 Å². The van der Waals surface area contributed by atoms with Crippen LogP contribution in [0.4, 0.5) is 34.1 Å². The highest BCUT2D eigenvalue weighted by Gasteiger charge is 2.28. The maximum Gasteiger partial charge on any atom is 0.143 e. The van der Waals surface area contributed by atoms with E-state index in [1.54, 1.807) is 0 Å². The highest BCUT2D eigenvalue weighted by molar-refractivity contribution is 6.13. The molecule has 0 amide bonds. The second-order valence-electron chi connectivity index (χ2n) is 17.2. The van der Waals surface area contributed by atoms with Gasteiger partial charge in [0.15, 0.2) is 0 Å². The molecule has 0 unspecified atom stereocenters. The number of rotatable bonds is 11. The molecule has 0 saturated heterocycles. The molecule has 12 aromatic rings. The summed E-state index contributed by atoms with van der Waals surface area (Å²) in [6.45, 7) is 0. The molecule has 1 heterocycles. The van der Waals surface area contributed by atoms with Gasteiger partial charge in [0.1, 0.15) is 11.2 Å². The molecule has 0 aliphatic rings. The van der Waals surface area contributed by atoms with Crippen LogP contribution in [0.1, 0.15) is 0 Å². The molecule has 12 rings (SSSR count). The van der Waals surface area contributed by atoms with E-state index in [0.717, 1.165) is 101 Å². The summed E-state index contributed by atoms with van der Waals surface area (Å²) in [6.07, 6.45) is 0. The first kappa shape index (κ1) is 41.3. The third-order valence-electron chi connectivity index (χ3n) is 13.1. The molecule has 0 atom stereocenters. The summed E-state index contributed by atoms with van der Waals surface area (Å²) in [7, 11) is 0. The summed E-state index contributed by atoms with van der Waals surface area (Å²) in [5.41, 5.74) is 19.0. The fourth-order valence-electron chi connectivity index (χ4n) is 9.84. The van der Waals surface area contributed by atoms with Gasteiger partial charge in [0.05, 0.1) is 5.69 Å². The number of fused-ring (bicyclic) bond motifs is 3. The van der Waals surface area contributed by atoms with Gasteiger partial charge in [-0.15, -0.1) is 0 Å². The van der Waals surface area contributed by atoms with Crippen LogP contribution in [0, 0.1) is 0 Å². The molecule has 0 saturated carbocycles. The Morgan fingerprint density at radius 1 is 0.246 bits per heavy atom. The number of para-hydroxylation sites is 4. The molecular weight excluding hydrogens is 837 g/mol. The van der Waals surface area contributed by atoms with E-state index in [0.29, 0.717) is 0 Å². The minimum Gasteiger partial charge on any atom is -0.455 e. The predicted molar refractivity (Wildman–Crippen MR) is 290 cm³/mol. The maximum atomic E-state index is 6.97. The number of hydrogen-bond acceptors (Lipinski definition) is 3. The number of furan rings is 1. The Hall–Kier alpha value is -9.18. The van der Waals surface area contributed by atoms with Gasteiger partial charge in [0.25, 0.3) is 0 Å². The zero-order chi connectivity index (χ0) is 45.9. The quantitative estimate of drug-likeness (QED) is 0.129. The van der Waals surface area contributed by atoms with E-state index < -0.39 is 0 Å². The average Bonchev–Trinajstić information content (AvgIpc) is 3.82. The molecule has 0 spiro atoms. The van der Waals surface area contributed by atoms with Crippen LogP contribution in [-0.4, -0.2) is 0 Å². The average molecular weight is 883 g/mol. The van der Waals surface area contributed by atoms with Crippen molar-refractivity contribution < 1.29 is 4.42 Å². The fourth-order valence-corrected chi connectivity index (χ4v) is 9.84. The van der Waals surface area contributed by atoms with Crippen LogP contribution in [0.2, 0.25) is 0 Å². The summed E-state index contributed by atoms with van der Waals surface area (Å²) >= 11 is 0. The van der Waals surface area contributed by atoms with Crippen molar-refractivity contribution in [2.24, 2.45) is 0 Å². The van der Waals surface area contributed by atoms with Crippen LogP contribution in [-0.2, 0) is 0 Å². The van der Waals surface area contributed by atoms with Crippen molar-refractivity contribution in [2.45, 2.75) is 0 Å². The van der Waals surface area contributed by atoms with Crippen LogP contribution in [0.3, 0.4) is 0 Å². The Labute approximate surface area is 403 Å². The van der Waals surface area contributed by atoms with Crippen molar-refractivity contribution in [3.05, 3.63) is 279 Å². The molecule has 0 N–H and O–H groups in total. The van der Waals surface area contributed by atoms with E-state index in [9.17, 15) is 0 Å². The third kappa shape index (κ3) is 7.92. The Bertz CT molecular complexity index is 3680. The summed E-state index contributed by atoms with van der Waals surface area (Å²) in [6, 6.07) is 99.9. The smallest absolute Gasteiger partial charge is 0.143 e. The molecule has 3 nitrogen and oxygen atoms in total. The van der Waals surface area contributed by atoms with Gasteiger partial charge in [0, 0.05) is 50.3 Å². The Kier molecular flexibility index (Phi) is 10.9. The molecule has 69 heavy (non-hydrogen) atoms. The highest BCUT2D eigenvalue weighted by atomic mass is 16.3. The molecule has 0 bridgehead atoms. The van der Waals surface area contributed by atoms with Crippen molar-refractivity contribution >= 4 is 56.1 Å². The van der Waals surface area contributed by atoms with Crippen LogP contribution in [0.5, 0.6) is 0 Å². The molecule has 0 radical (unpaired) electrons. The number of benzene rings is 11. The molecule has 11 aromatic carbocycles. The van der Waals surface area contributed by atoms with Gasteiger partial charge < -0.3 is 14.2 Å². The van der Waals surface area contributed by atoms with E-state index in [2.05, 4.69) is 283 Å². The van der Waals surface area contributed by atoms with Gasteiger partial charge >= 0.3 is 0 Å². The van der Waals surface area contributed by atoms with Crippen molar-refractivity contribution in [3.63, 3.8) is 0 Å². The van der Waals surface area contributed by atoms with Gasteiger partial charge in [-0.3, -0.25) is 0 Å². The topological polar surface area (TPSA) is 19.6 Å². The molecular formula is C66H46N2O. The summed E-state index contributed by atoms with van der Waals surface area (Å²) in [4.78, 5) is 4.81. The summed E-state index contributed by atoms with van der Waals surface area (Å²) < 4.78 is 6.97. The van der Waals surface area contributed by atoms with E-state index in [4.69, 9.17) is 4.42 Å². The molecule has 1 aromatic heterocycles. The molecule has 0 fully saturated rings. The van der Waals surface area contributed by atoms with E-state index in [1.165, 1.54) is 11.1 Å². The molecule has 326 valence electrons. The first-order valence-electron chi connectivity index (χ1n) is 23.5.